The first-order valence-electron chi connectivity index (χ1n) is 17.1. The van der Waals surface area contributed by atoms with Gasteiger partial charge in [0.15, 0.2) is 0 Å². The van der Waals surface area contributed by atoms with E-state index in [0.717, 1.165) is 55.0 Å². The molecule has 0 radical (unpaired) electrons. The first kappa shape index (κ1) is 27.3. The minimum atomic E-state index is 0.859. The number of hydrogen-bond donors (Lipinski definition) is 0. The Bertz CT molecular complexity index is 3080. The van der Waals surface area contributed by atoms with Crippen molar-refractivity contribution in [2.24, 2.45) is 0 Å². The van der Waals surface area contributed by atoms with Crippen LogP contribution in [-0.4, -0.2) is 0 Å². The van der Waals surface area contributed by atoms with Crippen molar-refractivity contribution in [3.63, 3.8) is 0 Å². The van der Waals surface area contributed by atoms with Gasteiger partial charge in [0, 0.05) is 27.1 Å². The van der Waals surface area contributed by atoms with E-state index in [4.69, 9.17) is 8.83 Å². The van der Waals surface area contributed by atoms with Gasteiger partial charge in [0.25, 0.3) is 0 Å². The molecule has 0 saturated carbocycles. The average molecular weight is 637 g/mol. The molecule has 0 unspecified atom stereocenters. The van der Waals surface area contributed by atoms with E-state index >= 15 is 0 Å². The van der Waals surface area contributed by atoms with Gasteiger partial charge < -0.3 is 8.83 Å². The first-order valence-corrected chi connectivity index (χ1v) is 17.1. The maximum atomic E-state index is 6.79. The van der Waals surface area contributed by atoms with Crippen LogP contribution in [0.1, 0.15) is 0 Å². The Kier molecular flexibility index (Phi) is 5.70. The smallest absolute Gasteiger partial charge is 0.144 e. The van der Waals surface area contributed by atoms with Gasteiger partial charge in [0.05, 0.1) is 0 Å². The fourth-order valence-electron chi connectivity index (χ4n) is 8.33. The van der Waals surface area contributed by atoms with Crippen LogP contribution in [0.4, 0.5) is 0 Å². The summed E-state index contributed by atoms with van der Waals surface area (Å²) in [4.78, 5) is 0. The SMILES string of the molecule is c1ccc(-c2c3ccccc3c(-c3cc(-c4cc5oc6ccccc6c5c5c4oc4ccccc45)cc4ccccc34)c3ccccc23)cc1. The van der Waals surface area contributed by atoms with Gasteiger partial charge in [-0.25, -0.2) is 0 Å². The van der Waals surface area contributed by atoms with Crippen molar-refractivity contribution in [1.29, 1.82) is 0 Å². The quantitative estimate of drug-likeness (QED) is 0.180. The molecule has 50 heavy (non-hydrogen) atoms. The number of hydrogen-bond acceptors (Lipinski definition) is 2. The van der Waals surface area contributed by atoms with E-state index < -0.39 is 0 Å². The molecule has 232 valence electrons. The predicted octanol–water partition coefficient (Wildman–Crippen LogP) is 13.9. The molecular formula is C48H28O2. The second kappa shape index (κ2) is 10.4. The first-order chi connectivity index (χ1) is 24.8. The Morgan fingerprint density at radius 2 is 0.820 bits per heavy atom. The Morgan fingerprint density at radius 3 is 1.50 bits per heavy atom. The summed E-state index contributed by atoms with van der Waals surface area (Å²) in [6.07, 6.45) is 0. The zero-order chi connectivity index (χ0) is 32.8. The molecule has 11 rings (SSSR count). The van der Waals surface area contributed by atoms with Crippen LogP contribution in [0, 0.1) is 0 Å². The maximum absolute atomic E-state index is 6.79. The lowest BCUT2D eigenvalue weighted by molar-refractivity contribution is 0.664. The highest BCUT2D eigenvalue weighted by molar-refractivity contribution is 6.29. The molecular weight excluding hydrogens is 609 g/mol. The predicted molar refractivity (Wildman–Crippen MR) is 210 cm³/mol. The highest BCUT2D eigenvalue weighted by Gasteiger charge is 2.23. The molecule has 0 aliphatic carbocycles. The normalized spacial score (nSPS) is 12.0. The van der Waals surface area contributed by atoms with Crippen molar-refractivity contribution in [2.45, 2.75) is 0 Å². The summed E-state index contributed by atoms with van der Waals surface area (Å²) >= 11 is 0. The van der Waals surface area contributed by atoms with Gasteiger partial charge in [0.1, 0.15) is 22.3 Å². The van der Waals surface area contributed by atoms with E-state index in [-0.39, 0.29) is 0 Å². The van der Waals surface area contributed by atoms with Crippen molar-refractivity contribution in [2.75, 3.05) is 0 Å². The van der Waals surface area contributed by atoms with Crippen LogP contribution >= 0.6 is 0 Å². The van der Waals surface area contributed by atoms with Crippen LogP contribution in [0.15, 0.2) is 179 Å². The van der Waals surface area contributed by atoms with Gasteiger partial charge >= 0.3 is 0 Å². The van der Waals surface area contributed by atoms with Crippen LogP contribution in [0.5, 0.6) is 0 Å². The van der Waals surface area contributed by atoms with Crippen molar-refractivity contribution in [1.82, 2.24) is 0 Å². The summed E-state index contributed by atoms with van der Waals surface area (Å²) in [5, 5.41) is 11.7. The lowest BCUT2D eigenvalue weighted by Gasteiger charge is -2.19. The van der Waals surface area contributed by atoms with Crippen molar-refractivity contribution < 1.29 is 8.83 Å². The van der Waals surface area contributed by atoms with E-state index in [2.05, 4.69) is 152 Å². The van der Waals surface area contributed by atoms with Crippen LogP contribution < -0.4 is 0 Å². The van der Waals surface area contributed by atoms with Gasteiger partial charge in [0.2, 0.25) is 0 Å². The third-order valence-electron chi connectivity index (χ3n) is 10.4. The monoisotopic (exact) mass is 636 g/mol. The molecule has 2 nitrogen and oxygen atoms in total. The Morgan fingerprint density at radius 1 is 0.300 bits per heavy atom. The van der Waals surface area contributed by atoms with E-state index in [1.54, 1.807) is 0 Å². The van der Waals surface area contributed by atoms with Crippen LogP contribution in [0.25, 0.3) is 110 Å². The zero-order valence-corrected chi connectivity index (χ0v) is 27.0. The van der Waals surface area contributed by atoms with Crippen LogP contribution in [0.2, 0.25) is 0 Å². The highest BCUT2D eigenvalue weighted by Crippen LogP contribution is 2.49. The molecule has 0 aliphatic heterocycles. The Balaban J connectivity index is 1.29. The van der Waals surface area contributed by atoms with Crippen LogP contribution in [-0.2, 0) is 0 Å². The third kappa shape index (κ3) is 3.85. The minimum absolute atomic E-state index is 0.859. The fraction of sp³-hybridized carbons (Fsp3) is 0. The van der Waals surface area contributed by atoms with Crippen molar-refractivity contribution in [3.05, 3.63) is 170 Å². The second-order valence-electron chi connectivity index (χ2n) is 13.1. The largest absolute Gasteiger partial charge is 0.456 e. The lowest BCUT2D eigenvalue weighted by Crippen LogP contribution is -1.92. The number of benzene rings is 9. The summed E-state index contributed by atoms with van der Waals surface area (Å²) in [6, 6.07) is 60.8. The topological polar surface area (TPSA) is 26.3 Å². The number of para-hydroxylation sites is 2. The molecule has 0 atom stereocenters. The Hall–Kier alpha value is -6.64. The van der Waals surface area contributed by atoms with Gasteiger partial charge in [-0.2, -0.15) is 0 Å². The number of furan rings is 2. The molecule has 0 fully saturated rings. The molecule has 11 aromatic rings. The molecule has 0 aliphatic rings. The van der Waals surface area contributed by atoms with Crippen LogP contribution in [0.3, 0.4) is 0 Å². The molecule has 2 heteroatoms. The zero-order valence-electron chi connectivity index (χ0n) is 27.0. The molecule has 0 spiro atoms. The molecule has 0 N–H and O–H groups in total. The lowest BCUT2D eigenvalue weighted by atomic mass is 9.83. The standard InChI is InChI=1S/C48H28O2/c1-2-14-29(15-3-1)44-33-18-6-8-20-35(33)45(36-21-9-7-19-34(36)44)40-27-31(26-30-16-4-5-17-32(30)40)39-28-43-46(37-22-10-12-24-41(37)49-43)47-38-23-11-13-25-42(38)50-48(39)47/h1-28H. The van der Waals surface area contributed by atoms with E-state index in [1.807, 2.05) is 18.2 Å². The Labute approximate surface area is 287 Å². The molecule has 2 aromatic heterocycles. The number of fused-ring (bicyclic) bond motifs is 10. The third-order valence-corrected chi connectivity index (χ3v) is 10.4. The molecule has 0 bridgehead atoms. The van der Waals surface area contributed by atoms with Crippen molar-refractivity contribution >= 4 is 76.2 Å². The molecule has 9 aromatic carbocycles. The van der Waals surface area contributed by atoms with E-state index in [9.17, 15) is 0 Å². The second-order valence-corrected chi connectivity index (χ2v) is 13.1. The highest BCUT2D eigenvalue weighted by atomic mass is 16.3. The maximum Gasteiger partial charge on any atom is 0.144 e. The summed E-state index contributed by atoms with van der Waals surface area (Å²) < 4.78 is 13.4. The minimum Gasteiger partial charge on any atom is -0.456 e. The van der Waals surface area contributed by atoms with Crippen molar-refractivity contribution in [3.8, 4) is 33.4 Å². The molecule has 0 amide bonds. The van der Waals surface area contributed by atoms with E-state index in [0.29, 0.717) is 0 Å². The van der Waals surface area contributed by atoms with Gasteiger partial charge in [-0.05, 0) is 90.5 Å². The summed E-state index contributed by atoms with van der Waals surface area (Å²) in [5.74, 6) is 0. The van der Waals surface area contributed by atoms with E-state index in [1.165, 1.54) is 54.6 Å². The van der Waals surface area contributed by atoms with Gasteiger partial charge in [-0.1, -0.05) is 140 Å². The number of rotatable bonds is 3. The van der Waals surface area contributed by atoms with Gasteiger partial charge in [-0.3, -0.25) is 0 Å². The summed E-state index contributed by atoms with van der Waals surface area (Å²) in [6.45, 7) is 0. The molecule has 2 heterocycles. The van der Waals surface area contributed by atoms with Gasteiger partial charge in [-0.15, -0.1) is 0 Å². The average Bonchev–Trinajstić information content (AvgIpc) is 3.75. The summed E-state index contributed by atoms with van der Waals surface area (Å²) in [7, 11) is 0. The molecule has 0 saturated heterocycles. The summed E-state index contributed by atoms with van der Waals surface area (Å²) in [5.41, 5.74) is 10.5. The fourth-order valence-corrected chi connectivity index (χ4v) is 8.33.